The van der Waals surface area contributed by atoms with Crippen molar-refractivity contribution in [2.75, 3.05) is 31.6 Å². The number of amides is 1. The minimum absolute atomic E-state index is 0.0575. The summed E-state index contributed by atoms with van der Waals surface area (Å²) in [4.78, 5) is 20.5. The maximum atomic E-state index is 12.1. The van der Waals surface area contributed by atoms with Crippen LogP contribution < -0.4 is 10.2 Å². The molecule has 2 rings (SSSR count). The highest BCUT2D eigenvalue weighted by Crippen LogP contribution is 2.19. The van der Waals surface area contributed by atoms with E-state index in [-0.39, 0.29) is 11.4 Å². The first-order valence-corrected chi connectivity index (χ1v) is 7.55. The summed E-state index contributed by atoms with van der Waals surface area (Å²) in [7, 11) is 1.87. The molecule has 116 valence electrons. The molecule has 5 nitrogen and oxygen atoms in total. The van der Waals surface area contributed by atoms with Crippen LogP contribution in [0.2, 0.25) is 0 Å². The number of hydrogen-bond acceptors (Lipinski definition) is 4. The molecule has 1 aromatic rings. The third kappa shape index (κ3) is 4.43. The zero-order chi connectivity index (χ0) is 15.5. The molecular weight excluding hydrogens is 264 g/mol. The highest BCUT2D eigenvalue weighted by Gasteiger charge is 2.22. The summed E-state index contributed by atoms with van der Waals surface area (Å²) in [5.74, 6) is 1.09. The SMILES string of the molecule is CN1CCCN(c2ncccc2CNC(C)(C)C)CC1=O. The van der Waals surface area contributed by atoms with Crippen LogP contribution in [0.3, 0.4) is 0 Å². The standard InChI is InChI=1S/C16H26N4O/c1-16(2,3)18-11-13-7-5-8-17-15(13)20-10-6-9-19(4)14(21)12-20/h5,7-8,18H,6,9-12H2,1-4H3. The molecule has 0 aliphatic carbocycles. The Hall–Kier alpha value is -1.62. The predicted molar refractivity (Wildman–Crippen MR) is 85.3 cm³/mol. The van der Waals surface area contributed by atoms with E-state index in [1.807, 2.05) is 13.1 Å². The summed E-state index contributed by atoms with van der Waals surface area (Å²) in [6.45, 7) is 9.30. The molecule has 0 atom stereocenters. The number of pyridine rings is 1. The quantitative estimate of drug-likeness (QED) is 0.919. The van der Waals surface area contributed by atoms with Crippen LogP contribution in [0, 0.1) is 0 Å². The molecule has 1 amide bonds. The Bertz CT molecular complexity index is 495. The van der Waals surface area contributed by atoms with Gasteiger partial charge < -0.3 is 15.1 Å². The Morgan fingerprint density at radius 3 is 2.81 bits per heavy atom. The number of hydrogen-bond donors (Lipinski definition) is 1. The van der Waals surface area contributed by atoms with Crippen LogP contribution in [0.25, 0.3) is 0 Å². The summed E-state index contributed by atoms with van der Waals surface area (Å²) >= 11 is 0. The normalized spacial score (nSPS) is 17.0. The van der Waals surface area contributed by atoms with Crippen LogP contribution in [0.1, 0.15) is 32.8 Å². The van der Waals surface area contributed by atoms with Crippen LogP contribution in [0.15, 0.2) is 18.3 Å². The molecule has 0 saturated carbocycles. The van der Waals surface area contributed by atoms with Crippen molar-refractivity contribution in [3.63, 3.8) is 0 Å². The summed E-state index contributed by atoms with van der Waals surface area (Å²) in [6, 6.07) is 4.04. The summed E-state index contributed by atoms with van der Waals surface area (Å²) in [6.07, 6.45) is 2.78. The highest BCUT2D eigenvalue weighted by atomic mass is 16.2. The monoisotopic (exact) mass is 290 g/mol. The van der Waals surface area contributed by atoms with Gasteiger partial charge in [-0.05, 0) is 33.3 Å². The van der Waals surface area contributed by atoms with Gasteiger partial charge in [0, 0.05) is 44.0 Å². The second-order valence-electron chi connectivity index (χ2n) is 6.68. The fourth-order valence-corrected chi connectivity index (χ4v) is 2.38. The van der Waals surface area contributed by atoms with E-state index in [0.29, 0.717) is 6.54 Å². The smallest absolute Gasteiger partial charge is 0.241 e. The lowest BCUT2D eigenvalue weighted by atomic mass is 10.1. The van der Waals surface area contributed by atoms with Gasteiger partial charge in [-0.25, -0.2) is 4.98 Å². The van der Waals surface area contributed by atoms with Gasteiger partial charge in [0.15, 0.2) is 0 Å². The lowest BCUT2D eigenvalue weighted by molar-refractivity contribution is -0.127. The summed E-state index contributed by atoms with van der Waals surface area (Å²) in [5, 5.41) is 3.49. The Morgan fingerprint density at radius 1 is 1.33 bits per heavy atom. The van der Waals surface area contributed by atoms with Crippen molar-refractivity contribution in [2.45, 2.75) is 39.3 Å². The van der Waals surface area contributed by atoms with Crippen molar-refractivity contribution < 1.29 is 4.79 Å². The van der Waals surface area contributed by atoms with Crippen LogP contribution in [0.4, 0.5) is 5.82 Å². The van der Waals surface area contributed by atoms with E-state index in [2.05, 4.69) is 42.0 Å². The summed E-state index contributed by atoms with van der Waals surface area (Å²) in [5.41, 5.74) is 1.20. The molecule has 2 heterocycles. The molecule has 1 N–H and O–H groups in total. The third-order valence-corrected chi connectivity index (χ3v) is 3.65. The minimum Gasteiger partial charge on any atom is -0.347 e. The van der Waals surface area contributed by atoms with Gasteiger partial charge in [-0.2, -0.15) is 0 Å². The molecule has 1 aliphatic rings. The molecule has 1 aliphatic heterocycles. The molecule has 0 radical (unpaired) electrons. The molecule has 0 spiro atoms. The Balaban J connectivity index is 2.17. The molecule has 0 unspecified atom stereocenters. The molecule has 0 aromatic carbocycles. The molecule has 1 aromatic heterocycles. The van der Waals surface area contributed by atoms with E-state index < -0.39 is 0 Å². The number of carbonyl (C=O) groups is 1. The average Bonchev–Trinajstić information content (AvgIpc) is 2.58. The fraction of sp³-hybridized carbons (Fsp3) is 0.625. The molecule has 5 heteroatoms. The largest absolute Gasteiger partial charge is 0.347 e. The van der Waals surface area contributed by atoms with Gasteiger partial charge in [0.2, 0.25) is 5.91 Å². The van der Waals surface area contributed by atoms with Crippen molar-refractivity contribution in [2.24, 2.45) is 0 Å². The fourth-order valence-electron chi connectivity index (χ4n) is 2.38. The van der Waals surface area contributed by atoms with Crippen LogP contribution in [0.5, 0.6) is 0 Å². The lowest BCUT2D eigenvalue weighted by Gasteiger charge is -2.26. The van der Waals surface area contributed by atoms with E-state index in [4.69, 9.17) is 0 Å². The average molecular weight is 290 g/mol. The Labute approximate surface area is 127 Å². The topological polar surface area (TPSA) is 48.5 Å². The van der Waals surface area contributed by atoms with Gasteiger partial charge in [-0.3, -0.25) is 4.79 Å². The van der Waals surface area contributed by atoms with Crippen molar-refractivity contribution in [1.29, 1.82) is 0 Å². The number of anilines is 1. The van der Waals surface area contributed by atoms with Gasteiger partial charge >= 0.3 is 0 Å². The Morgan fingerprint density at radius 2 is 2.10 bits per heavy atom. The van der Waals surface area contributed by atoms with Gasteiger partial charge in [-0.15, -0.1) is 0 Å². The predicted octanol–water partition coefficient (Wildman–Crippen LogP) is 1.64. The molecule has 1 fully saturated rings. The van der Waals surface area contributed by atoms with Crippen molar-refractivity contribution in [3.05, 3.63) is 23.9 Å². The minimum atomic E-state index is 0.0575. The first-order chi connectivity index (χ1) is 9.87. The molecule has 21 heavy (non-hydrogen) atoms. The van der Waals surface area contributed by atoms with Crippen molar-refractivity contribution >= 4 is 11.7 Å². The number of aromatic nitrogens is 1. The second-order valence-corrected chi connectivity index (χ2v) is 6.68. The number of nitrogens with one attached hydrogen (secondary N) is 1. The van der Waals surface area contributed by atoms with Gasteiger partial charge in [-0.1, -0.05) is 6.07 Å². The van der Waals surface area contributed by atoms with Gasteiger partial charge in [0.1, 0.15) is 5.82 Å². The zero-order valence-electron chi connectivity index (χ0n) is 13.5. The number of nitrogens with zero attached hydrogens (tertiary/aromatic N) is 3. The maximum Gasteiger partial charge on any atom is 0.241 e. The van der Waals surface area contributed by atoms with E-state index in [1.165, 1.54) is 0 Å². The number of likely N-dealkylation sites (N-methyl/N-ethyl adjacent to an activating group) is 1. The van der Waals surface area contributed by atoms with Crippen LogP contribution in [-0.2, 0) is 11.3 Å². The van der Waals surface area contributed by atoms with E-state index >= 15 is 0 Å². The molecule has 1 saturated heterocycles. The summed E-state index contributed by atoms with van der Waals surface area (Å²) < 4.78 is 0. The highest BCUT2D eigenvalue weighted by molar-refractivity contribution is 5.81. The second kappa shape index (κ2) is 6.43. The number of carbonyl (C=O) groups excluding carboxylic acids is 1. The van der Waals surface area contributed by atoms with Crippen LogP contribution in [-0.4, -0.2) is 48.0 Å². The van der Waals surface area contributed by atoms with E-state index in [1.54, 1.807) is 11.1 Å². The third-order valence-electron chi connectivity index (χ3n) is 3.65. The molecule has 0 bridgehead atoms. The van der Waals surface area contributed by atoms with Gasteiger partial charge in [0.25, 0.3) is 0 Å². The first kappa shape index (κ1) is 15.8. The first-order valence-electron chi connectivity index (χ1n) is 7.55. The Kier molecular flexibility index (Phi) is 4.83. The van der Waals surface area contributed by atoms with Crippen molar-refractivity contribution in [1.82, 2.24) is 15.2 Å². The molecular formula is C16H26N4O. The lowest BCUT2D eigenvalue weighted by Crippen LogP contribution is -2.37. The van der Waals surface area contributed by atoms with E-state index in [9.17, 15) is 4.79 Å². The number of rotatable bonds is 3. The van der Waals surface area contributed by atoms with Crippen LogP contribution >= 0.6 is 0 Å². The van der Waals surface area contributed by atoms with Gasteiger partial charge in [0.05, 0.1) is 6.54 Å². The maximum absolute atomic E-state index is 12.1. The zero-order valence-corrected chi connectivity index (χ0v) is 13.5. The van der Waals surface area contributed by atoms with Crippen molar-refractivity contribution in [3.8, 4) is 0 Å². The van der Waals surface area contributed by atoms with E-state index in [0.717, 1.165) is 37.4 Å².